The first kappa shape index (κ1) is 13.8. The van der Waals surface area contributed by atoms with Crippen LogP contribution in [0.1, 0.15) is 18.5 Å². The molecule has 1 aromatic heterocycles. The van der Waals surface area contributed by atoms with Crippen molar-refractivity contribution in [2.75, 3.05) is 11.9 Å². The number of nitrogens with one attached hydrogen (secondary N) is 1. The van der Waals surface area contributed by atoms with Crippen LogP contribution in [0, 0.1) is 5.82 Å². The molecule has 0 spiro atoms. The first-order valence-electron chi connectivity index (χ1n) is 6.07. The van der Waals surface area contributed by atoms with Gasteiger partial charge in [0.05, 0.1) is 12.2 Å². The van der Waals surface area contributed by atoms with Gasteiger partial charge in [0.25, 0.3) is 0 Å². The van der Waals surface area contributed by atoms with Gasteiger partial charge in [-0.2, -0.15) is 5.10 Å². The van der Waals surface area contributed by atoms with Gasteiger partial charge in [-0.05, 0) is 25.1 Å². The summed E-state index contributed by atoms with van der Waals surface area (Å²) in [6, 6.07) is 4.19. The van der Waals surface area contributed by atoms with E-state index in [0.29, 0.717) is 17.3 Å². The van der Waals surface area contributed by atoms with E-state index < -0.39 is 0 Å². The standard InChI is InChI=1S/C13H16ClFN4/c1-2-19-8-9(7-17-19)13(6-16)18-12-4-10(14)3-11(15)5-12/h3-5,7-8,13,18H,2,6,16H2,1H3. The Morgan fingerprint density at radius 1 is 1.47 bits per heavy atom. The summed E-state index contributed by atoms with van der Waals surface area (Å²) in [5.74, 6) is -0.380. The Hall–Kier alpha value is -1.59. The minimum Gasteiger partial charge on any atom is -0.377 e. The second-order valence-electron chi connectivity index (χ2n) is 4.22. The molecule has 0 fully saturated rings. The van der Waals surface area contributed by atoms with Crippen LogP contribution in [0.4, 0.5) is 10.1 Å². The highest BCUT2D eigenvalue weighted by atomic mass is 35.5. The summed E-state index contributed by atoms with van der Waals surface area (Å²) in [4.78, 5) is 0. The molecule has 0 aliphatic heterocycles. The Balaban J connectivity index is 2.18. The van der Waals surface area contributed by atoms with Crippen LogP contribution in [0.5, 0.6) is 0 Å². The molecular formula is C13H16ClFN4. The number of hydrogen-bond donors (Lipinski definition) is 2. The van der Waals surface area contributed by atoms with Crippen LogP contribution < -0.4 is 11.1 Å². The van der Waals surface area contributed by atoms with Crippen molar-refractivity contribution in [3.8, 4) is 0 Å². The lowest BCUT2D eigenvalue weighted by atomic mass is 10.1. The number of benzene rings is 1. The molecule has 0 bridgehead atoms. The molecule has 102 valence electrons. The molecular weight excluding hydrogens is 267 g/mol. The molecule has 0 saturated heterocycles. The molecule has 4 nitrogen and oxygen atoms in total. The number of aromatic nitrogens is 2. The molecule has 1 heterocycles. The summed E-state index contributed by atoms with van der Waals surface area (Å²) in [6.45, 7) is 3.18. The molecule has 3 N–H and O–H groups in total. The third-order valence-corrected chi connectivity index (χ3v) is 3.04. The van der Waals surface area contributed by atoms with Crippen molar-refractivity contribution in [2.24, 2.45) is 5.73 Å². The van der Waals surface area contributed by atoms with Crippen molar-refractivity contribution in [3.05, 3.63) is 47.0 Å². The van der Waals surface area contributed by atoms with E-state index >= 15 is 0 Å². The van der Waals surface area contributed by atoms with Crippen LogP contribution in [0.25, 0.3) is 0 Å². The highest BCUT2D eigenvalue weighted by Crippen LogP contribution is 2.22. The number of anilines is 1. The molecule has 1 unspecified atom stereocenters. The molecule has 0 aliphatic carbocycles. The predicted octanol–water partition coefficient (Wildman–Crippen LogP) is 2.81. The van der Waals surface area contributed by atoms with Crippen LogP contribution >= 0.6 is 11.6 Å². The molecule has 1 aromatic carbocycles. The molecule has 0 aliphatic rings. The smallest absolute Gasteiger partial charge is 0.126 e. The van der Waals surface area contributed by atoms with Crippen LogP contribution in [0.2, 0.25) is 5.02 Å². The highest BCUT2D eigenvalue weighted by molar-refractivity contribution is 6.30. The van der Waals surface area contributed by atoms with Crippen molar-refractivity contribution >= 4 is 17.3 Å². The Labute approximate surface area is 116 Å². The number of nitrogens with two attached hydrogens (primary N) is 1. The Morgan fingerprint density at radius 2 is 2.26 bits per heavy atom. The number of hydrogen-bond acceptors (Lipinski definition) is 3. The lowest BCUT2D eigenvalue weighted by Gasteiger charge is -2.17. The van der Waals surface area contributed by atoms with Gasteiger partial charge in [-0.15, -0.1) is 0 Å². The summed E-state index contributed by atoms with van der Waals surface area (Å²) in [6.07, 6.45) is 3.68. The minimum atomic E-state index is -0.380. The van der Waals surface area contributed by atoms with Gasteiger partial charge in [-0.1, -0.05) is 11.6 Å². The van der Waals surface area contributed by atoms with Crippen LogP contribution in [0.3, 0.4) is 0 Å². The zero-order valence-electron chi connectivity index (χ0n) is 10.6. The van der Waals surface area contributed by atoms with E-state index in [1.165, 1.54) is 12.1 Å². The topological polar surface area (TPSA) is 55.9 Å². The third-order valence-electron chi connectivity index (χ3n) is 2.82. The Kier molecular flexibility index (Phi) is 4.39. The highest BCUT2D eigenvalue weighted by Gasteiger charge is 2.12. The van der Waals surface area contributed by atoms with Gasteiger partial charge in [-0.25, -0.2) is 4.39 Å². The predicted molar refractivity (Wildman–Crippen MR) is 74.7 cm³/mol. The molecule has 19 heavy (non-hydrogen) atoms. The second kappa shape index (κ2) is 6.04. The van der Waals surface area contributed by atoms with Gasteiger partial charge in [-0.3, -0.25) is 4.68 Å². The molecule has 0 saturated carbocycles. The molecule has 2 rings (SSSR count). The van der Waals surface area contributed by atoms with Crippen LogP contribution in [0.15, 0.2) is 30.6 Å². The Morgan fingerprint density at radius 3 is 2.84 bits per heavy atom. The van der Waals surface area contributed by atoms with E-state index in [-0.39, 0.29) is 11.9 Å². The maximum absolute atomic E-state index is 13.3. The fraction of sp³-hybridized carbons (Fsp3) is 0.308. The van der Waals surface area contributed by atoms with E-state index in [2.05, 4.69) is 10.4 Å². The largest absolute Gasteiger partial charge is 0.377 e. The van der Waals surface area contributed by atoms with Crippen molar-refractivity contribution in [2.45, 2.75) is 19.5 Å². The number of nitrogens with zero attached hydrogens (tertiary/aromatic N) is 2. The zero-order valence-corrected chi connectivity index (χ0v) is 11.4. The monoisotopic (exact) mass is 282 g/mol. The number of rotatable bonds is 5. The summed E-state index contributed by atoms with van der Waals surface area (Å²) in [5, 5.41) is 7.71. The van der Waals surface area contributed by atoms with Gasteiger partial charge in [0.1, 0.15) is 5.82 Å². The molecule has 0 amide bonds. The van der Waals surface area contributed by atoms with E-state index in [1.807, 2.05) is 17.8 Å². The molecule has 0 radical (unpaired) electrons. The van der Waals surface area contributed by atoms with Gasteiger partial charge < -0.3 is 11.1 Å². The van der Waals surface area contributed by atoms with E-state index in [0.717, 1.165) is 12.1 Å². The van der Waals surface area contributed by atoms with E-state index in [9.17, 15) is 4.39 Å². The first-order chi connectivity index (χ1) is 9.12. The molecule has 1 atom stereocenters. The fourth-order valence-electron chi connectivity index (χ4n) is 1.85. The summed E-state index contributed by atoms with van der Waals surface area (Å²) in [5.41, 5.74) is 7.32. The average molecular weight is 283 g/mol. The third kappa shape index (κ3) is 3.45. The Bertz CT molecular complexity index is 535. The minimum absolute atomic E-state index is 0.127. The SMILES string of the molecule is CCn1cc(C(CN)Nc2cc(F)cc(Cl)c2)cn1. The van der Waals surface area contributed by atoms with Crippen molar-refractivity contribution in [3.63, 3.8) is 0 Å². The van der Waals surface area contributed by atoms with E-state index in [4.69, 9.17) is 17.3 Å². The van der Waals surface area contributed by atoms with Gasteiger partial charge in [0.15, 0.2) is 0 Å². The van der Waals surface area contributed by atoms with Gasteiger partial charge in [0, 0.05) is 35.6 Å². The molecule has 6 heteroatoms. The van der Waals surface area contributed by atoms with Crippen LogP contribution in [-0.4, -0.2) is 16.3 Å². The van der Waals surface area contributed by atoms with Gasteiger partial charge >= 0.3 is 0 Å². The summed E-state index contributed by atoms with van der Waals surface area (Å²) >= 11 is 5.82. The van der Waals surface area contributed by atoms with Crippen LogP contribution in [-0.2, 0) is 6.54 Å². The number of aryl methyl sites for hydroxylation is 1. The van der Waals surface area contributed by atoms with Crippen molar-refractivity contribution in [1.29, 1.82) is 0 Å². The summed E-state index contributed by atoms with van der Waals surface area (Å²) < 4.78 is 15.1. The maximum atomic E-state index is 13.3. The lowest BCUT2D eigenvalue weighted by Crippen LogP contribution is -2.20. The van der Waals surface area contributed by atoms with Gasteiger partial charge in [0.2, 0.25) is 0 Å². The molecule has 2 aromatic rings. The number of halogens is 2. The maximum Gasteiger partial charge on any atom is 0.126 e. The fourth-order valence-corrected chi connectivity index (χ4v) is 2.07. The second-order valence-corrected chi connectivity index (χ2v) is 4.66. The first-order valence-corrected chi connectivity index (χ1v) is 6.45. The summed E-state index contributed by atoms with van der Waals surface area (Å²) in [7, 11) is 0. The average Bonchev–Trinajstić information content (AvgIpc) is 2.83. The quantitative estimate of drug-likeness (QED) is 0.887. The van der Waals surface area contributed by atoms with Crippen molar-refractivity contribution in [1.82, 2.24) is 9.78 Å². The lowest BCUT2D eigenvalue weighted by molar-refractivity contribution is 0.627. The zero-order chi connectivity index (χ0) is 13.8. The van der Waals surface area contributed by atoms with Crippen molar-refractivity contribution < 1.29 is 4.39 Å². The normalized spacial score (nSPS) is 12.4. The van der Waals surface area contributed by atoms with E-state index in [1.54, 1.807) is 12.3 Å².